The number of pyridine rings is 1. The molecule has 1 fully saturated rings. The molecule has 0 N–H and O–H groups in total. The number of aryl methyl sites for hydroxylation is 1. The minimum Gasteiger partial charge on any atom is -0.485 e. The average Bonchev–Trinajstić information content (AvgIpc) is 2.50. The van der Waals surface area contributed by atoms with Crippen LogP contribution in [-0.4, -0.2) is 35.0 Å². The van der Waals surface area contributed by atoms with Crippen LogP contribution >= 0.6 is 0 Å². The number of benzene rings is 1. The van der Waals surface area contributed by atoms with Crippen molar-refractivity contribution in [1.29, 1.82) is 0 Å². The lowest BCUT2D eigenvalue weighted by Crippen LogP contribution is -2.56. The van der Waals surface area contributed by atoms with Crippen LogP contribution in [0.25, 0.3) is 0 Å². The number of carbonyl (C=O) groups excluding carboxylic acids is 1. The Morgan fingerprint density at radius 3 is 2.71 bits per heavy atom. The highest BCUT2D eigenvalue weighted by Gasteiger charge is 2.31. The largest absolute Gasteiger partial charge is 0.485 e. The van der Waals surface area contributed by atoms with Crippen LogP contribution in [0.3, 0.4) is 0 Å². The first-order valence-electron chi connectivity index (χ1n) is 7.19. The van der Waals surface area contributed by atoms with Gasteiger partial charge in [-0.15, -0.1) is 0 Å². The van der Waals surface area contributed by atoms with Gasteiger partial charge in [0, 0.05) is 12.6 Å². The fourth-order valence-corrected chi connectivity index (χ4v) is 2.38. The maximum atomic E-state index is 12.1. The van der Waals surface area contributed by atoms with E-state index in [1.54, 1.807) is 12.4 Å². The number of nitrogens with zero attached hydrogens (tertiary/aromatic N) is 2. The van der Waals surface area contributed by atoms with Crippen LogP contribution in [0, 0.1) is 0 Å². The third kappa shape index (κ3) is 3.60. The van der Waals surface area contributed by atoms with E-state index in [1.807, 2.05) is 35.2 Å². The quantitative estimate of drug-likeness (QED) is 0.845. The molecule has 0 radical (unpaired) electrons. The molecule has 0 spiro atoms. The minimum atomic E-state index is 0.0925. The van der Waals surface area contributed by atoms with Gasteiger partial charge in [0.25, 0.3) is 0 Å². The van der Waals surface area contributed by atoms with Crippen LogP contribution in [0.4, 0.5) is 0 Å². The molecule has 2 aromatic rings. The van der Waals surface area contributed by atoms with Gasteiger partial charge in [0.15, 0.2) is 0 Å². The van der Waals surface area contributed by atoms with Gasteiger partial charge >= 0.3 is 0 Å². The van der Waals surface area contributed by atoms with Gasteiger partial charge < -0.3 is 9.64 Å². The SMILES string of the molecule is O=C(CCc1ccccc1)N1CC(Oc2cccnc2)C1. The third-order valence-electron chi connectivity index (χ3n) is 3.61. The molecule has 4 heteroatoms. The molecule has 1 amide bonds. The van der Waals surface area contributed by atoms with E-state index in [1.165, 1.54) is 5.56 Å². The molecule has 2 heterocycles. The highest BCUT2D eigenvalue weighted by Crippen LogP contribution is 2.18. The molecule has 1 aliphatic rings. The molecule has 3 rings (SSSR count). The Bertz CT molecular complexity index is 580. The van der Waals surface area contributed by atoms with Gasteiger partial charge in [-0.2, -0.15) is 0 Å². The zero-order valence-corrected chi connectivity index (χ0v) is 11.8. The van der Waals surface area contributed by atoms with Gasteiger partial charge in [0.05, 0.1) is 19.3 Å². The first-order valence-corrected chi connectivity index (χ1v) is 7.19. The maximum Gasteiger partial charge on any atom is 0.223 e. The Labute approximate surface area is 124 Å². The molecule has 1 saturated heterocycles. The summed E-state index contributed by atoms with van der Waals surface area (Å²) in [5.41, 5.74) is 1.20. The predicted octanol–water partition coefficient (Wildman–Crippen LogP) is 2.30. The van der Waals surface area contributed by atoms with Gasteiger partial charge in [-0.25, -0.2) is 0 Å². The van der Waals surface area contributed by atoms with Crippen LogP contribution < -0.4 is 4.74 Å². The van der Waals surface area contributed by atoms with Crippen molar-refractivity contribution in [1.82, 2.24) is 9.88 Å². The van der Waals surface area contributed by atoms with Crippen molar-refractivity contribution in [2.75, 3.05) is 13.1 Å². The van der Waals surface area contributed by atoms with Crippen molar-refractivity contribution in [2.24, 2.45) is 0 Å². The molecule has 4 nitrogen and oxygen atoms in total. The molecule has 0 atom stereocenters. The van der Waals surface area contributed by atoms with E-state index in [9.17, 15) is 4.79 Å². The van der Waals surface area contributed by atoms with Crippen molar-refractivity contribution < 1.29 is 9.53 Å². The normalized spacial score (nSPS) is 14.6. The Hall–Kier alpha value is -2.36. The number of amides is 1. The van der Waals surface area contributed by atoms with E-state index in [-0.39, 0.29) is 12.0 Å². The number of rotatable bonds is 5. The molecule has 0 bridgehead atoms. The molecule has 1 aromatic carbocycles. The van der Waals surface area contributed by atoms with Crippen molar-refractivity contribution >= 4 is 5.91 Å². The van der Waals surface area contributed by atoms with E-state index in [0.717, 1.165) is 12.2 Å². The number of likely N-dealkylation sites (tertiary alicyclic amines) is 1. The van der Waals surface area contributed by atoms with Gasteiger partial charge in [-0.3, -0.25) is 9.78 Å². The molecular weight excluding hydrogens is 264 g/mol. The van der Waals surface area contributed by atoms with Crippen LogP contribution in [0.1, 0.15) is 12.0 Å². The summed E-state index contributed by atoms with van der Waals surface area (Å²) in [5.74, 6) is 0.962. The Balaban J connectivity index is 1.40. The molecule has 0 saturated carbocycles. The van der Waals surface area contributed by atoms with Gasteiger partial charge in [-0.05, 0) is 24.1 Å². The van der Waals surface area contributed by atoms with Gasteiger partial charge in [0.1, 0.15) is 11.9 Å². The third-order valence-corrected chi connectivity index (χ3v) is 3.61. The highest BCUT2D eigenvalue weighted by molar-refractivity contribution is 5.77. The fourth-order valence-electron chi connectivity index (χ4n) is 2.38. The summed E-state index contributed by atoms with van der Waals surface area (Å²) < 4.78 is 5.74. The molecule has 1 aliphatic heterocycles. The van der Waals surface area contributed by atoms with Crippen molar-refractivity contribution in [3.8, 4) is 5.75 Å². The van der Waals surface area contributed by atoms with Gasteiger partial charge in [0.2, 0.25) is 5.91 Å². The number of carbonyl (C=O) groups is 1. The summed E-state index contributed by atoms with van der Waals surface area (Å²) >= 11 is 0. The zero-order valence-electron chi connectivity index (χ0n) is 11.8. The first-order chi connectivity index (χ1) is 10.3. The molecular formula is C17H18N2O2. The second-order valence-electron chi connectivity index (χ2n) is 5.21. The number of ether oxygens (including phenoxy) is 1. The van der Waals surface area contributed by atoms with Crippen LogP contribution in [0.5, 0.6) is 5.75 Å². The Kier molecular flexibility index (Phi) is 4.15. The van der Waals surface area contributed by atoms with E-state index >= 15 is 0 Å². The Morgan fingerprint density at radius 2 is 2.00 bits per heavy atom. The smallest absolute Gasteiger partial charge is 0.223 e. The molecule has 0 aliphatic carbocycles. The molecule has 108 valence electrons. The summed E-state index contributed by atoms with van der Waals surface area (Å²) in [5, 5.41) is 0. The molecule has 0 unspecified atom stereocenters. The van der Waals surface area contributed by atoms with Crippen LogP contribution in [0.15, 0.2) is 54.9 Å². The van der Waals surface area contributed by atoms with Crippen LogP contribution in [-0.2, 0) is 11.2 Å². The maximum absolute atomic E-state index is 12.1. The zero-order chi connectivity index (χ0) is 14.5. The number of hydrogen-bond donors (Lipinski definition) is 0. The van der Waals surface area contributed by atoms with E-state index in [2.05, 4.69) is 17.1 Å². The molecule has 1 aromatic heterocycles. The predicted molar refractivity (Wildman–Crippen MR) is 80.0 cm³/mol. The van der Waals surface area contributed by atoms with Crippen molar-refractivity contribution in [3.05, 3.63) is 60.4 Å². The average molecular weight is 282 g/mol. The number of hydrogen-bond acceptors (Lipinski definition) is 3. The lowest BCUT2D eigenvalue weighted by Gasteiger charge is -2.39. The lowest BCUT2D eigenvalue weighted by molar-refractivity contribution is -0.139. The second kappa shape index (κ2) is 6.39. The standard InChI is InChI=1S/C17H18N2O2/c20-17(9-8-14-5-2-1-3-6-14)19-12-16(13-19)21-15-7-4-10-18-11-15/h1-7,10-11,16H,8-9,12-13H2. The summed E-state index contributed by atoms with van der Waals surface area (Å²) in [6.07, 6.45) is 4.86. The number of aromatic nitrogens is 1. The Morgan fingerprint density at radius 1 is 1.19 bits per heavy atom. The topological polar surface area (TPSA) is 42.4 Å². The van der Waals surface area contributed by atoms with Crippen molar-refractivity contribution in [2.45, 2.75) is 18.9 Å². The van der Waals surface area contributed by atoms with Crippen LogP contribution in [0.2, 0.25) is 0 Å². The minimum absolute atomic E-state index is 0.0925. The summed E-state index contributed by atoms with van der Waals surface area (Å²) in [6.45, 7) is 1.34. The summed E-state index contributed by atoms with van der Waals surface area (Å²) in [4.78, 5) is 17.9. The summed E-state index contributed by atoms with van der Waals surface area (Å²) in [6, 6.07) is 13.8. The first kappa shape index (κ1) is 13.6. The van der Waals surface area contributed by atoms with E-state index in [4.69, 9.17) is 4.74 Å². The monoisotopic (exact) mass is 282 g/mol. The fraction of sp³-hybridized carbons (Fsp3) is 0.294. The van der Waals surface area contributed by atoms with Crippen molar-refractivity contribution in [3.63, 3.8) is 0 Å². The van der Waals surface area contributed by atoms with Gasteiger partial charge in [-0.1, -0.05) is 30.3 Å². The van der Waals surface area contributed by atoms with E-state index in [0.29, 0.717) is 19.5 Å². The van der Waals surface area contributed by atoms with E-state index < -0.39 is 0 Å². The summed E-state index contributed by atoms with van der Waals surface area (Å²) in [7, 11) is 0. The lowest BCUT2D eigenvalue weighted by atomic mass is 10.1. The molecule has 21 heavy (non-hydrogen) atoms. The second-order valence-corrected chi connectivity index (χ2v) is 5.21. The highest BCUT2D eigenvalue weighted by atomic mass is 16.5.